The first-order valence-electron chi connectivity index (χ1n) is 9.42. The molecular weight excluding hydrogens is 492 g/mol. The summed E-state index contributed by atoms with van der Waals surface area (Å²) in [5.74, 6) is -2.34. The van der Waals surface area contributed by atoms with Crippen molar-refractivity contribution in [3.8, 4) is 0 Å². The van der Waals surface area contributed by atoms with Crippen molar-refractivity contribution >= 4 is 69.6 Å². The molecule has 3 aromatic carbocycles. The number of amides is 3. The third-order valence-corrected chi connectivity index (χ3v) is 5.56. The molecule has 0 bridgehead atoms. The van der Waals surface area contributed by atoms with Gasteiger partial charge in [0.2, 0.25) is 0 Å². The van der Waals surface area contributed by atoms with Gasteiger partial charge in [-0.2, -0.15) is 0 Å². The Bertz CT molecular complexity index is 1330. The molecule has 4 rings (SSSR count). The lowest BCUT2D eigenvalue weighted by Gasteiger charge is -2.16. The molecule has 0 saturated heterocycles. The Labute approximate surface area is 202 Å². The van der Waals surface area contributed by atoms with E-state index in [0.717, 1.165) is 4.90 Å². The van der Waals surface area contributed by atoms with E-state index in [2.05, 4.69) is 10.6 Å². The Morgan fingerprint density at radius 3 is 2.27 bits per heavy atom. The van der Waals surface area contributed by atoms with Gasteiger partial charge >= 0.3 is 0 Å². The van der Waals surface area contributed by atoms with Crippen molar-refractivity contribution in [3.05, 3.63) is 98.9 Å². The number of nitrogens with zero attached hydrogens (tertiary/aromatic N) is 1. The van der Waals surface area contributed by atoms with Crippen molar-refractivity contribution in [1.29, 1.82) is 0 Å². The Morgan fingerprint density at radius 1 is 0.848 bits per heavy atom. The van der Waals surface area contributed by atoms with Gasteiger partial charge in [-0.05, 0) is 60.7 Å². The molecule has 1 aliphatic heterocycles. The molecule has 6 nitrogen and oxygen atoms in total. The lowest BCUT2D eigenvalue weighted by molar-refractivity contribution is -0.120. The highest BCUT2D eigenvalue weighted by atomic mass is 35.5. The molecule has 1 heterocycles. The number of nitrogens with one attached hydrogen (secondary N) is 2. The van der Waals surface area contributed by atoms with Gasteiger partial charge in [0.15, 0.2) is 0 Å². The van der Waals surface area contributed by atoms with Crippen LogP contribution in [-0.2, 0) is 9.59 Å². The van der Waals surface area contributed by atoms with Gasteiger partial charge in [0.05, 0.1) is 10.7 Å². The maximum absolute atomic E-state index is 13.1. The minimum absolute atomic E-state index is 0.106. The summed E-state index contributed by atoms with van der Waals surface area (Å²) in [7, 11) is 0. The highest BCUT2D eigenvalue weighted by Gasteiger charge is 2.39. The third-order valence-electron chi connectivity index (χ3n) is 4.67. The Hall–Kier alpha value is -3.39. The first-order chi connectivity index (χ1) is 15.7. The van der Waals surface area contributed by atoms with Crippen LogP contribution in [0.5, 0.6) is 0 Å². The summed E-state index contributed by atoms with van der Waals surface area (Å²) in [6, 6.07) is 15.9. The van der Waals surface area contributed by atoms with Crippen LogP contribution in [0.3, 0.4) is 0 Å². The molecule has 3 aromatic rings. The van der Waals surface area contributed by atoms with E-state index < -0.39 is 23.5 Å². The second-order valence-corrected chi connectivity index (χ2v) is 8.12. The van der Waals surface area contributed by atoms with Crippen LogP contribution < -0.4 is 15.5 Å². The second-order valence-electron chi connectivity index (χ2n) is 6.90. The highest BCUT2D eigenvalue weighted by molar-refractivity contribution is 6.54. The predicted octanol–water partition coefficient (Wildman–Crippen LogP) is 5.82. The van der Waals surface area contributed by atoms with Crippen LogP contribution in [0.4, 0.5) is 21.5 Å². The van der Waals surface area contributed by atoms with Gasteiger partial charge in [-0.3, -0.25) is 14.4 Å². The van der Waals surface area contributed by atoms with Crippen LogP contribution in [0.1, 0.15) is 10.4 Å². The molecule has 0 radical (unpaired) electrons. The second kappa shape index (κ2) is 9.23. The van der Waals surface area contributed by atoms with Crippen molar-refractivity contribution in [1.82, 2.24) is 0 Å². The first-order valence-corrected chi connectivity index (χ1v) is 10.6. The van der Waals surface area contributed by atoms with E-state index in [1.54, 1.807) is 18.2 Å². The summed E-state index contributed by atoms with van der Waals surface area (Å²) >= 11 is 18.2. The zero-order chi connectivity index (χ0) is 23.7. The molecular formula is C23H13Cl3FN3O3. The number of halogens is 4. The van der Waals surface area contributed by atoms with E-state index in [1.165, 1.54) is 48.5 Å². The van der Waals surface area contributed by atoms with Crippen LogP contribution in [0.25, 0.3) is 0 Å². The normalized spacial score (nSPS) is 13.5. The summed E-state index contributed by atoms with van der Waals surface area (Å²) in [5, 5.41) is 5.57. The van der Waals surface area contributed by atoms with Crippen LogP contribution in [0.15, 0.2) is 77.5 Å². The lowest BCUT2D eigenvalue weighted by atomic mass is 10.1. The molecule has 0 fully saturated rings. The number of imide groups is 1. The molecule has 0 saturated carbocycles. The van der Waals surface area contributed by atoms with E-state index in [4.69, 9.17) is 34.8 Å². The van der Waals surface area contributed by atoms with Crippen molar-refractivity contribution in [2.75, 3.05) is 15.5 Å². The van der Waals surface area contributed by atoms with E-state index in [9.17, 15) is 18.8 Å². The number of hydrogen-bond donors (Lipinski definition) is 2. The van der Waals surface area contributed by atoms with E-state index in [1.807, 2.05) is 0 Å². The Kier molecular flexibility index (Phi) is 6.37. The molecule has 1 aliphatic rings. The molecule has 0 unspecified atom stereocenters. The van der Waals surface area contributed by atoms with Crippen LogP contribution in [0.2, 0.25) is 10.0 Å². The number of carbonyl (C=O) groups excluding carboxylic acids is 3. The number of anilines is 3. The SMILES string of the molecule is O=C(Nc1ccc(F)cc1)c1cccc(NC2=C(Cl)C(=O)N(c3ccc(Cl)cc3Cl)C2=O)c1. The van der Waals surface area contributed by atoms with Crippen LogP contribution >= 0.6 is 34.8 Å². The van der Waals surface area contributed by atoms with Gasteiger partial charge in [0.25, 0.3) is 17.7 Å². The molecule has 2 N–H and O–H groups in total. The average Bonchev–Trinajstić information content (AvgIpc) is 2.99. The van der Waals surface area contributed by atoms with Gasteiger partial charge in [-0.1, -0.05) is 40.9 Å². The maximum atomic E-state index is 13.1. The summed E-state index contributed by atoms with van der Waals surface area (Å²) in [6.45, 7) is 0. The number of hydrogen-bond acceptors (Lipinski definition) is 4. The topological polar surface area (TPSA) is 78.5 Å². The molecule has 0 aliphatic carbocycles. The monoisotopic (exact) mass is 503 g/mol. The maximum Gasteiger partial charge on any atom is 0.283 e. The molecule has 166 valence electrons. The van der Waals surface area contributed by atoms with E-state index in [-0.39, 0.29) is 27.0 Å². The fraction of sp³-hybridized carbons (Fsp3) is 0. The third kappa shape index (κ3) is 4.71. The van der Waals surface area contributed by atoms with E-state index in [0.29, 0.717) is 16.4 Å². The van der Waals surface area contributed by atoms with Gasteiger partial charge in [0.1, 0.15) is 16.5 Å². The van der Waals surface area contributed by atoms with Gasteiger partial charge < -0.3 is 10.6 Å². The highest BCUT2D eigenvalue weighted by Crippen LogP contribution is 2.35. The van der Waals surface area contributed by atoms with Crippen molar-refractivity contribution in [3.63, 3.8) is 0 Å². The standard InChI is InChI=1S/C23H13Cl3FN3O3/c24-13-4-9-18(17(25)11-13)30-22(32)19(26)20(23(30)33)28-16-3-1-2-12(10-16)21(31)29-15-7-5-14(27)6-8-15/h1-11,28H,(H,29,31). The average molecular weight is 505 g/mol. The molecule has 0 atom stereocenters. The van der Waals surface area contributed by atoms with Gasteiger partial charge in [0, 0.05) is 22.0 Å². The molecule has 0 aromatic heterocycles. The van der Waals surface area contributed by atoms with Gasteiger partial charge in [-0.25, -0.2) is 9.29 Å². The minimum atomic E-state index is -0.751. The summed E-state index contributed by atoms with van der Waals surface area (Å²) in [4.78, 5) is 39.0. The Morgan fingerprint density at radius 2 is 1.58 bits per heavy atom. The largest absolute Gasteiger partial charge is 0.350 e. The number of carbonyl (C=O) groups is 3. The van der Waals surface area contributed by atoms with Crippen LogP contribution in [-0.4, -0.2) is 17.7 Å². The summed E-state index contributed by atoms with van der Waals surface area (Å²) in [6.07, 6.45) is 0. The van der Waals surface area contributed by atoms with Crippen LogP contribution in [0, 0.1) is 5.82 Å². The number of benzene rings is 3. The lowest BCUT2D eigenvalue weighted by Crippen LogP contribution is -2.32. The summed E-state index contributed by atoms with van der Waals surface area (Å²) in [5.41, 5.74) is 0.996. The quantitative estimate of drug-likeness (QED) is 0.429. The molecule has 3 amide bonds. The zero-order valence-corrected chi connectivity index (χ0v) is 18.8. The smallest absolute Gasteiger partial charge is 0.283 e. The van der Waals surface area contributed by atoms with Gasteiger partial charge in [-0.15, -0.1) is 0 Å². The predicted molar refractivity (Wildman–Crippen MR) is 126 cm³/mol. The molecule has 0 spiro atoms. The van der Waals surface area contributed by atoms with Crippen molar-refractivity contribution < 1.29 is 18.8 Å². The van der Waals surface area contributed by atoms with Crippen molar-refractivity contribution in [2.24, 2.45) is 0 Å². The Balaban J connectivity index is 1.55. The minimum Gasteiger partial charge on any atom is -0.350 e. The number of rotatable bonds is 5. The zero-order valence-electron chi connectivity index (χ0n) is 16.5. The fourth-order valence-corrected chi connectivity index (χ4v) is 3.82. The summed E-state index contributed by atoms with van der Waals surface area (Å²) < 4.78 is 13.1. The first kappa shape index (κ1) is 22.8. The van der Waals surface area contributed by atoms with E-state index >= 15 is 0 Å². The molecule has 10 heteroatoms. The van der Waals surface area contributed by atoms with Crippen molar-refractivity contribution in [2.45, 2.75) is 0 Å². The molecule has 33 heavy (non-hydrogen) atoms. The fourth-order valence-electron chi connectivity index (χ4n) is 3.11.